The number of hydrogen-bond acceptors (Lipinski definition) is 4. The Morgan fingerprint density at radius 1 is 1.52 bits per heavy atom. The van der Waals surface area contributed by atoms with Gasteiger partial charge in [-0.2, -0.15) is 9.40 Å². The van der Waals surface area contributed by atoms with Gasteiger partial charge in [0.1, 0.15) is 4.90 Å². The molecular weight excluding hydrogens is 330 g/mol. The van der Waals surface area contributed by atoms with E-state index in [1.807, 2.05) is 24.4 Å². The summed E-state index contributed by atoms with van der Waals surface area (Å²) in [5, 5.41) is 6.01. The first-order valence-electron chi connectivity index (χ1n) is 6.54. The molecule has 0 amide bonds. The van der Waals surface area contributed by atoms with Crippen molar-refractivity contribution in [3.05, 3.63) is 34.8 Å². The zero-order valence-corrected chi connectivity index (χ0v) is 14.3. The zero-order valence-electron chi connectivity index (χ0n) is 11.9. The van der Waals surface area contributed by atoms with E-state index in [0.717, 1.165) is 0 Å². The van der Waals surface area contributed by atoms with Crippen LogP contribution in [0.15, 0.2) is 34.8 Å². The fourth-order valence-electron chi connectivity index (χ4n) is 1.94. The number of rotatable bonds is 7. The molecule has 0 saturated heterocycles. The molecule has 0 spiro atoms. The Hall–Kier alpha value is -0.890. The minimum Gasteiger partial charge on any atom is -0.270 e. The van der Waals surface area contributed by atoms with E-state index >= 15 is 0 Å². The molecule has 0 bridgehead atoms. The summed E-state index contributed by atoms with van der Waals surface area (Å²) in [5.41, 5.74) is 0. The standard InChI is InChI=1S/C13H18ClN3O2S2/c1-11(8-12-4-3-7-20-12)16(2)21(18,19)13-9-15-17(10-13)6-5-14/h3-4,7,9-11H,5-6,8H2,1-2H3. The summed E-state index contributed by atoms with van der Waals surface area (Å²) in [4.78, 5) is 1.37. The Morgan fingerprint density at radius 2 is 2.29 bits per heavy atom. The van der Waals surface area contributed by atoms with Crippen molar-refractivity contribution >= 4 is 33.0 Å². The molecule has 0 aromatic carbocycles. The molecule has 0 aliphatic rings. The smallest absolute Gasteiger partial charge is 0.246 e. The lowest BCUT2D eigenvalue weighted by molar-refractivity contribution is 0.388. The molecule has 21 heavy (non-hydrogen) atoms. The van der Waals surface area contributed by atoms with Crippen molar-refractivity contribution in [2.24, 2.45) is 0 Å². The normalized spacial score (nSPS) is 13.7. The van der Waals surface area contributed by atoms with Gasteiger partial charge in [0.15, 0.2) is 0 Å². The number of sulfonamides is 1. The van der Waals surface area contributed by atoms with E-state index in [0.29, 0.717) is 18.8 Å². The highest BCUT2D eigenvalue weighted by Crippen LogP contribution is 2.19. The molecule has 2 aromatic heterocycles. The topological polar surface area (TPSA) is 55.2 Å². The summed E-state index contributed by atoms with van der Waals surface area (Å²) in [5.74, 6) is 0.395. The highest BCUT2D eigenvalue weighted by Gasteiger charge is 2.27. The van der Waals surface area contributed by atoms with Crippen LogP contribution in [0, 0.1) is 0 Å². The van der Waals surface area contributed by atoms with Crippen LogP contribution in [-0.4, -0.2) is 41.5 Å². The number of nitrogens with zero attached hydrogens (tertiary/aromatic N) is 3. The first-order valence-corrected chi connectivity index (χ1v) is 9.39. The highest BCUT2D eigenvalue weighted by molar-refractivity contribution is 7.89. The van der Waals surface area contributed by atoms with Crippen molar-refractivity contribution in [1.29, 1.82) is 0 Å². The zero-order chi connectivity index (χ0) is 15.5. The Kier molecular flexibility index (Phi) is 5.43. The van der Waals surface area contributed by atoms with Gasteiger partial charge >= 0.3 is 0 Å². The van der Waals surface area contributed by atoms with E-state index in [4.69, 9.17) is 11.6 Å². The maximum Gasteiger partial charge on any atom is 0.246 e. The first kappa shape index (κ1) is 16.5. The summed E-state index contributed by atoms with van der Waals surface area (Å²) in [7, 11) is -1.92. The number of aromatic nitrogens is 2. The average molecular weight is 348 g/mol. The van der Waals surface area contributed by atoms with Gasteiger partial charge in [-0.05, 0) is 24.8 Å². The molecule has 5 nitrogen and oxygen atoms in total. The van der Waals surface area contributed by atoms with Crippen LogP contribution >= 0.6 is 22.9 Å². The monoisotopic (exact) mass is 347 g/mol. The first-order chi connectivity index (χ1) is 9.95. The van der Waals surface area contributed by atoms with Crippen molar-refractivity contribution in [2.45, 2.75) is 30.8 Å². The number of hydrogen-bond donors (Lipinski definition) is 0. The molecule has 8 heteroatoms. The van der Waals surface area contributed by atoms with Crippen LogP contribution in [0.1, 0.15) is 11.8 Å². The summed E-state index contributed by atoms with van der Waals surface area (Å²) >= 11 is 7.27. The molecule has 0 saturated carbocycles. The van der Waals surface area contributed by atoms with Gasteiger partial charge in [0.2, 0.25) is 10.0 Å². The molecule has 0 aliphatic carbocycles. The van der Waals surface area contributed by atoms with E-state index in [1.165, 1.54) is 26.3 Å². The minimum atomic E-state index is -3.53. The second-order valence-electron chi connectivity index (χ2n) is 4.78. The van der Waals surface area contributed by atoms with Gasteiger partial charge in [-0.3, -0.25) is 4.68 Å². The van der Waals surface area contributed by atoms with Crippen LogP contribution in [0.3, 0.4) is 0 Å². The molecule has 0 radical (unpaired) electrons. The number of aryl methyl sites for hydroxylation is 1. The number of thiophene rings is 1. The summed E-state index contributed by atoms with van der Waals surface area (Å²) in [6.45, 7) is 2.39. The summed E-state index contributed by atoms with van der Waals surface area (Å²) in [6.07, 6.45) is 3.59. The van der Waals surface area contributed by atoms with E-state index in [-0.39, 0.29) is 10.9 Å². The van der Waals surface area contributed by atoms with E-state index < -0.39 is 10.0 Å². The number of alkyl halides is 1. The third kappa shape index (κ3) is 3.85. The van der Waals surface area contributed by atoms with Crippen LogP contribution in [0.2, 0.25) is 0 Å². The maximum absolute atomic E-state index is 12.6. The van der Waals surface area contributed by atoms with Crippen LogP contribution in [0.5, 0.6) is 0 Å². The highest BCUT2D eigenvalue weighted by atomic mass is 35.5. The van der Waals surface area contributed by atoms with Crippen LogP contribution in [0.4, 0.5) is 0 Å². The second-order valence-corrected chi connectivity index (χ2v) is 8.19. The van der Waals surface area contributed by atoms with Crippen molar-refractivity contribution < 1.29 is 8.42 Å². The minimum absolute atomic E-state index is 0.120. The van der Waals surface area contributed by atoms with E-state index in [1.54, 1.807) is 18.4 Å². The van der Waals surface area contributed by atoms with Crippen molar-refractivity contribution in [2.75, 3.05) is 12.9 Å². The Bertz CT molecular complexity index is 667. The van der Waals surface area contributed by atoms with Gasteiger partial charge in [0.25, 0.3) is 0 Å². The van der Waals surface area contributed by atoms with Gasteiger partial charge in [-0.25, -0.2) is 8.42 Å². The van der Waals surface area contributed by atoms with Gasteiger partial charge in [0.05, 0.1) is 12.7 Å². The SMILES string of the molecule is CC(Cc1cccs1)N(C)S(=O)(=O)c1cnn(CCCl)c1. The summed E-state index contributed by atoms with van der Waals surface area (Å²) < 4.78 is 28.1. The lowest BCUT2D eigenvalue weighted by atomic mass is 10.2. The van der Waals surface area contributed by atoms with Crippen molar-refractivity contribution in [3.63, 3.8) is 0 Å². The Labute approximate surface area is 134 Å². The third-order valence-corrected chi connectivity index (χ3v) is 6.29. The van der Waals surface area contributed by atoms with Crippen molar-refractivity contribution in [3.8, 4) is 0 Å². The maximum atomic E-state index is 12.6. The second kappa shape index (κ2) is 6.91. The summed E-state index contributed by atoms with van der Waals surface area (Å²) in [6, 6.07) is 3.86. The molecule has 2 heterocycles. The lowest BCUT2D eigenvalue weighted by Gasteiger charge is -2.23. The lowest BCUT2D eigenvalue weighted by Crippen LogP contribution is -2.36. The van der Waals surface area contributed by atoms with Crippen molar-refractivity contribution in [1.82, 2.24) is 14.1 Å². The largest absolute Gasteiger partial charge is 0.270 e. The molecule has 1 unspecified atom stereocenters. The Balaban J connectivity index is 2.13. The molecule has 2 aromatic rings. The Morgan fingerprint density at radius 3 is 2.90 bits per heavy atom. The average Bonchev–Trinajstić information content (AvgIpc) is 3.09. The van der Waals surface area contributed by atoms with E-state index in [9.17, 15) is 8.42 Å². The van der Waals surface area contributed by atoms with Gasteiger partial charge in [-0.1, -0.05) is 6.07 Å². The van der Waals surface area contributed by atoms with Crippen LogP contribution in [0.25, 0.3) is 0 Å². The molecule has 0 N–H and O–H groups in total. The molecule has 1 atom stereocenters. The molecule has 116 valence electrons. The number of halogens is 1. The van der Waals surface area contributed by atoms with Gasteiger partial charge < -0.3 is 0 Å². The van der Waals surface area contributed by atoms with E-state index in [2.05, 4.69) is 5.10 Å². The molecular formula is C13H18ClN3O2S2. The molecule has 0 aliphatic heterocycles. The van der Waals surface area contributed by atoms with Crippen LogP contribution < -0.4 is 0 Å². The fourth-order valence-corrected chi connectivity index (χ4v) is 4.25. The van der Waals surface area contributed by atoms with Crippen LogP contribution in [-0.2, 0) is 23.0 Å². The predicted octanol–water partition coefficient (Wildman–Crippen LogP) is 2.44. The third-order valence-electron chi connectivity index (χ3n) is 3.30. The predicted molar refractivity (Wildman–Crippen MR) is 85.4 cm³/mol. The quantitative estimate of drug-likeness (QED) is 0.723. The fraction of sp³-hybridized carbons (Fsp3) is 0.462. The molecule has 0 fully saturated rings. The molecule has 2 rings (SSSR count). The van der Waals surface area contributed by atoms with Gasteiger partial charge in [0, 0.05) is 30.0 Å². The number of likely N-dealkylation sites (N-methyl/N-ethyl adjacent to an activating group) is 1. The van der Waals surface area contributed by atoms with Gasteiger partial charge in [-0.15, -0.1) is 22.9 Å².